The van der Waals surface area contributed by atoms with Crippen molar-refractivity contribution in [3.05, 3.63) is 66.5 Å². The molecule has 0 fully saturated rings. The highest BCUT2D eigenvalue weighted by molar-refractivity contribution is 5.87. The van der Waals surface area contributed by atoms with E-state index in [0.29, 0.717) is 0 Å². The Bertz CT molecular complexity index is 669. The monoisotopic (exact) mass is 235 g/mol. The van der Waals surface area contributed by atoms with Crippen LogP contribution in [0.1, 0.15) is 5.56 Å². The minimum Gasteiger partial charge on any atom is -0.457 e. The predicted octanol–water partition coefficient (Wildman–Crippen LogP) is 4.34. The van der Waals surface area contributed by atoms with Gasteiger partial charge in [-0.1, -0.05) is 29.8 Å². The summed E-state index contributed by atoms with van der Waals surface area (Å²) >= 11 is 0. The number of ether oxygens (including phenoxy) is 1. The van der Waals surface area contributed by atoms with Gasteiger partial charge in [0.25, 0.3) is 0 Å². The SMILES string of the molecule is Cc1ccc(Oc2cccc3cnccc23)cc1. The van der Waals surface area contributed by atoms with Crippen molar-refractivity contribution in [3.63, 3.8) is 0 Å². The third-order valence-electron chi connectivity index (χ3n) is 2.89. The quantitative estimate of drug-likeness (QED) is 0.659. The van der Waals surface area contributed by atoms with Crippen LogP contribution in [0.3, 0.4) is 0 Å². The van der Waals surface area contributed by atoms with E-state index in [2.05, 4.69) is 11.9 Å². The summed E-state index contributed by atoms with van der Waals surface area (Å²) in [6, 6.07) is 16.0. The second-order valence-corrected chi connectivity index (χ2v) is 4.27. The molecule has 3 rings (SSSR count). The lowest BCUT2D eigenvalue weighted by molar-refractivity contribution is 0.488. The Morgan fingerprint density at radius 2 is 1.78 bits per heavy atom. The highest BCUT2D eigenvalue weighted by Crippen LogP contribution is 2.29. The van der Waals surface area contributed by atoms with E-state index in [9.17, 15) is 0 Å². The molecule has 0 aliphatic heterocycles. The molecule has 0 saturated carbocycles. The van der Waals surface area contributed by atoms with E-state index in [0.717, 1.165) is 22.3 Å². The zero-order valence-corrected chi connectivity index (χ0v) is 10.1. The standard InChI is InChI=1S/C16H13NO/c1-12-5-7-14(8-6-12)18-16-4-2-3-13-11-17-10-9-15(13)16/h2-11H,1H3. The summed E-state index contributed by atoms with van der Waals surface area (Å²) < 4.78 is 5.92. The van der Waals surface area contributed by atoms with Crippen LogP contribution in [-0.2, 0) is 0 Å². The maximum atomic E-state index is 5.92. The number of hydrogen-bond acceptors (Lipinski definition) is 2. The first-order valence-electron chi connectivity index (χ1n) is 5.90. The molecule has 0 saturated heterocycles. The lowest BCUT2D eigenvalue weighted by Crippen LogP contribution is -1.86. The average Bonchev–Trinajstić information content (AvgIpc) is 2.42. The summed E-state index contributed by atoms with van der Waals surface area (Å²) in [5.74, 6) is 1.71. The number of aromatic nitrogens is 1. The zero-order chi connectivity index (χ0) is 12.4. The van der Waals surface area contributed by atoms with Gasteiger partial charge in [-0.3, -0.25) is 4.98 Å². The van der Waals surface area contributed by atoms with Crippen molar-refractivity contribution < 1.29 is 4.74 Å². The summed E-state index contributed by atoms with van der Waals surface area (Å²) in [4.78, 5) is 4.12. The van der Waals surface area contributed by atoms with Crippen LogP contribution in [0.2, 0.25) is 0 Å². The molecule has 1 aromatic heterocycles. The highest BCUT2D eigenvalue weighted by Gasteiger charge is 2.02. The second kappa shape index (κ2) is 4.49. The number of pyridine rings is 1. The molecular weight excluding hydrogens is 222 g/mol. The van der Waals surface area contributed by atoms with E-state index in [1.807, 2.05) is 54.7 Å². The zero-order valence-electron chi connectivity index (χ0n) is 10.1. The molecule has 0 bridgehead atoms. The van der Waals surface area contributed by atoms with Gasteiger partial charge >= 0.3 is 0 Å². The van der Waals surface area contributed by atoms with Crippen LogP contribution in [0.25, 0.3) is 10.8 Å². The third-order valence-corrected chi connectivity index (χ3v) is 2.89. The lowest BCUT2D eigenvalue weighted by atomic mass is 10.1. The van der Waals surface area contributed by atoms with Crippen LogP contribution in [0.5, 0.6) is 11.5 Å². The van der Waals surface area contributed by atoms with E-state index < -0.39 is 0 Å². The highest BCUT2D eigenvalue weighted by atomic mass is 16.5. The molecule has 0 radical (unpaired) electrons. The van der Waals surface area contributed by atoms with E-state index in [1.165, 1.54) is 5.56 Å². The Labute approximate surface area is 106 Å². The molecule has 18 heavy (non-hydrogen) atoms. The van der Waals surface area contributed by atoms with Crippen molar-refractivity contribution in [1.82, 2.24) is 4.98 Å². The predicted molar refractivity (Wildman–Crippen MR) is 73.0 cm³/mol. The summed E-state index contributed by atoms with van der Waals surface area (Å²) in [5.41, 5.74) is 1.23. The Morgan fingerprint density at radius 3 is 2.61 bits per heavy atom. The van der Waals surface area contributed by atoms with Gasteiger partial charge in [0.1, 0.15) is 11.5 Å². The fourth-order valence-electron chi connectivity index (χ4n) is 1.92. The molecule has 0 N–H and O–H groups in total. The number of nitrogens with zero attached hydrogens (tertiary/aromatic N) is 1. The molecule has 2 nitrogen and oxygen atoms in total. The molecule has 0 aliphatic carbocycles. The van der Waals surface area contributed by atoms with Crippen molar-refractivity contribution in [2.24, 2.45) is 0 Å². The third kappa shape index (κ3) is 2.05. The Balaban J connectivity index is 2.02. The van der Waals surface area contributed by atoms with Gasteiger partial charge < -0.3 is 4.74 Å². The maximum absolute atomic E-state index is 5.92. The van der Waals surface area contributed by atoms with Crippen LogP contribution in [0.15, 0.2) is 60.9 Å². The van der Waals surface area contributed by atoms with Gasteiger partial charge in [-0.25, -0.2) is 0 Å². The van der Waals surface area contributed by atoms with Crippen molar-refractivity contribution in [1.29, 1.82) is 0 Å². The molecule has 0 aliphatic rings. The van der Waals surface area contributed by atoms with Crippen molar-refractivity contribution >= 4 is 10.8 Å². The summed E-state index contributed by atoms with van der Waals surface area (Å²) in [5, 5.41) is 2.16. The van der Waals surface area contributed by atoms with Crippen LogP contribution in [0, 0.1) is 6.92 Å². The number of aryl methyl sites for hydroxylation is 1. The number of fused-ring (bicyclic) bond motifs is 1. The summed E-state index contributed by atoms with van der Waals surface area (Å²) in [6.07, 6.45) is 3.63. The maximum Gasteiger partial charge on any atom is 0.135 e. The van der Waals surface area contributed by atoms with E-state index in [4.69, 9.17) is 4.74 Å². The van der Waals surface area contributed by atoms with E-state index in [-0.39, 0.29) is 0 Å². The Hall–Kier alpha value is -2.35. The first-order chi connectivity index (χ1) is 8.83. The van der Waals surface area contributed by atoms with E-state index in [1.54, 1.807) is 6.20 Å². The number of benzene rings is 2. The van der Waals surface area contributed by atoms with Crippen molar-refractivity contribution in [3.8, 4) is 11.5 Å². The molecular formula is C16H13NO. The van der Waals surface area contributed by atoms with E-state index >= 15 is 0 Å². The Kier molecular flexibility index (Phi) is 2.69. The van der Waals surface area contributed by atoms with Gasteiger partial charge in [0.05, 0.1) is 0 Å². The van der Waals surface area contributed by atoms with Gasteiger partial charge in [0, 0.05) is 23.2 Å². The topological polar surface area (TPSA) is 22.1 Å². The molecule has 0 unspecified atom stereocenters. The molecule has 0 atom stereocenters. The lowest BCUT2D eigenvalue weighted by Gasteiger charge is -2.08. The van der Waals surface area contributed by atoms with Gasteiger partial charge in [0.15, 0.2) is 0 Å². The number of hydrogen-bond donors (Lipinski definition) is 0. The first-order valence-corrected chi connectivity index (χ1v) is 5.90. The molecule has 0 spiro atoms. The molecule has 88 valence electrons. The summed E-state index contributed by atoms with van der Waals surface area (Å²) in [6.45, 7) is 2.06. The Morgan fingerprint density at radius 1 is 0.944 bits per heavy atom. The number of rotatable bonds is 2. The van der Waals surface area contributed by atoms with Crippen LogP contribution in [0.4, 0.5) is 0 Å². The molecule has 3 aromatic rings. The van der Waals surface area contributed by atoms with Crippen molar-refractivity contribution in [2.75, 3.05) is 0 Å². The summed E-state index contributed by atoms with van der Waals surface area (Å²) in [7, 11) is 0. The largest absolute Gasteiger partial charge is 0.457 e. The first kappa shape index (κ1) is 10.8. The van der Waals surface area contributed by atoms with Gasteiger partial charge in [0.2, 0.25) is 0 Å². The minimum atomic E-state index is 0.852. The van der Waals surface area contributed by atoms with Gasteiger partial charge in [-0.2, -0.15) is 0 Å². The average molecular weight is 235 g/mol. The molecule has 2 heteroatoms. The second-order valence-electron chi connectivity index (χ2n) is 4.27. The normalized spacial score (nSPS) is 10.5. The smallest absolute Gasteiger partial charge is 0.135 e. The fraction of sp³-hybridized carbons (Fsp3) is 0.0625. The van der Waals surface area contributed by atoms with Gasteiger partial charge in [-0.05, 0) is 31.2 Å². The van der Waals surface area contributed by atoms with Crippen LogP contribution >= 0.6 is 0 Å². The van der Waals surface area contributed by atoms with Crippen LogP contribution in [-0.4, -0.2) is 4.98 Å². The fourth-order valence-corrected chi connectivity index (χ4v) is 1.92. The molecule has 0 amide bonds. The minimum absolute atomic E-state index is 0.852. The molecule has 1 heterocycles. The molecule has 2 aromatic carbocycles. The van der Waals surface area contributed by atoms with Crippen molar-refractivity contribution in [2.45, 2.75) is 6.92 Å². The van der Waals surface area contributed by atoms with Gasteiger partial charge in [-0.15, -0.1) is 0 Å². The van der Waals surface area contributed by atoms with Crippen LogP contribution < -0.4 is 4.74 Å².